The van der Waals surface area contributed by atoms with Crippen molar-refractivity contribution in [2.45, 2.75) is 38.6 Å². The summed E-state index contributed by atoms with van der Waals surface area (Å²) >= 11 is 0. The van der Waals surface area contributed by atoms with Crippen molar-refractivity contribution in [1.82, 2.24) is 15.0 Å². The van der Waals surface area contributed by atoms with E-state index in [0.717, 1.165) is 42.8 Å². The third kappa shape index (κ3) is 4.79. The molecule has 0 spiro atoms. The topological polar surface area (TPSA) is 80.5 Å². The van der Waals surface area contributed by atoms with E-state index in [1.54, 1.807) is 0 Å². The molecule has 1 fully saturated rings. The molecule has 2 amide bonds. The van der Waals surface area contributed by atoms with Crippen molar-refractivity contribution < 1.29 is 14.1 Å². The monoisotopic (exact) mass is 406 g/mol. The predicted octanol–water partition coefficient (Wildman–Crippen LogP) is 4.76. The number of amides is 2. The van der Waals surface area contributed by atoms with E-state index in [1.165, 1.54) is 0 Å². The summed E-state index contributed by atoms with van der Waals surface area (Å²) in [4.78, 5) is 19.2. The zero-order valence-corrected chi connectivity index (χ0v) is 17.1. The van der Waals surface area contributed by atoms with Crippen LogP contribution in [0.25, 0.3) is 11.5 Å². The highest BCUT2D eigenvalue weighted by Crippen LogP contribution is 2.24. The predicted molar refractivity (Wildman–Crippen MR) is 114 cm³/mol. The van der Waals surface area contributed by atoms with E-state index < -0.39 is 0 Å². The quantitative estimate of drug-likeness (QED) is 0.612. The number of hydrogen-bond donors (Lipinski definition) is 1. The Morgan fingerprint density at radius 3 is 2.77 bits per heavy atom. The van der Waals surface area contributed by atoms with Crippen molar-refractivity contribution in [2.24, 2.45) is 0 Å². The van der Waals surface area contributed by atoms with Crippen molar-refractivity contribution in [3.8, 4) is 17.2 Å². The first-order valence-electron chi connectivity index (χ1n) is 10.4. The van der Waals surface area contributed by atoms with E-state index in [4.69, 9.17) is 9.26 Å². The summed E-state index contributed by atoms with van der Waals surface area (Å²) < 4.78 is 10.8. The highest BCUT2D eigenvalue weighted by Gasteiger charge is 2.29. The molecule has 7 nitrogen and oxygen atoms in total. The van der Waals surface area contributed by atoms with Gasteiger partial charge in [-0.25, -0.2) is 4.79 Å². The van der Waals surface area contributed by atoms with Gasteiger partial charge in [0, 0.05) is 30.3 Å². The first-order chi connectivity index (χ1) is 14.7. The van der Waals surface area contributed by atoms with Crippen LogP contribution in [0, 0.1) is 0 Å². The molecule has 1 N–H and O–H groups in total. The number of nitrogens with one attached hydrogen (secondary N) is 1. The molecule has 0 radical (unpaired) electrons. The zero-order chi connectivity index (χ0) is 20.8. The van der Waals surface area contributed by atoms with E-state index in [0.29, 0.717) is 24.7 Å². The molecule has 1 saturated heterocycles. The molecule has 2 heterocycles. The van der Waals surface area contributed by atoms with E-state index in [2.05, 4.69) is 15.5 Å². The van der Waals surface area contributed by atoms with E-state index >= 15 is 0 Å². The maximum atomic E-state index is 12.8. The molecule has 1 aliphatic heterocycles. The lowest BCUT2D eigenvalue weighted by molar-refractivity contribution is 0.203. The number of aryl methyl sites for hydroxylation is 1. The maximum Gasteiger partial charge on any atom is 0.322 e. The number of urea groups is 1. The minimum atomic E-state index is -0.0697. The van der Waals surface area contributed by atoms with Crippen LogP contribution in [0.15, 0.2) is 59.1 Å². The van der Waals surface area contributed by atoms with Crippen LogP contribution in [-0.4, -0.2) is 40.3 Å². The molecule has 1 aromatic heterocycles. The summed E-state index contributed by atoms with van der Waals surface area (Å²) in [7, 11) is 0. The second-order valence-electron chi connectivity index (χ2n) is 7.30. The summed E-state index contributed by atoms with van der Waals surface area (Å²) in [5, 5.41) is 7.09. The second-order valence-corrected chi connectivity index (χ2v) is 7.30. The van der Waals surface area contributed by atoms with Gasteiger partial charge >= 0.3 is 6.03 Å². The molecule has 0 aliphatic carbocycles. The molecule has 2 aromatic carbocycles. The Balaban J connectivity index is 1.32. The van der Waals surface area contributed by atoms with E-state index in [-0.39, 0.29) is 12.1 Å². The van der Waals surface area contributed by atoms with Crippen molar-refractivity contribution in [3.05, 3.63) is 60.4 Å². The maximum absolute atomic E-state index is 12.8. The number of hydrogen-bond acceptors (Lipinski definition) is 5. The number of aromatic nitrogens is 2. The fourth-order valence-electron chi connectivity index (χ4n) is 3.75. The van der Waals surface area contributed by atoms with Crippen LogP contribution in [-0.2, 0) is 6.42 Å². The number of anilines is 1. The molecule has 1 aliphatic rings. The Labute approximate surface area is 176 Å². The van der Waals surface area contributed by atoms with Gasteiger partial charge in [0.2, 0.25) is 0 Å². The Morgan fingerprint density at radius 1 is 1.20 bits per heavy atom. The van der Waals surface area contributed by atoms with Gasteiger partial charge < -0.3 is 19.5 Å². The number of ether oxygens (including phenoxy) is 1. The minimum absolute atomic E-state index is 0.0697. The molecular weight excluding hydrogens is 380 g/mol. The van der Waals surface area contributed by atoms with Crippen molar-refractivity contribution in [3.63, 3.8) is 0 Å². The van der Waals surface area contributed by atoms with Crippen molar-refractivity contribution in [1.29, 1.82) is 0 Å². The molecule has 1 unspecified atom stereocenters. The first kappa shape index (κ1) is 19.9. The molecule has 0 bridgehead atoms. The van der Waals surface area contributed by atoms with Gasteiger partial charge in [0.05, 0.1) is 6.61 Å². The zero-order valence-electron chi connectivity index (χ0n) is 17.1. The normalized spacial score (nSPS) is 15.9. The van der Waals surface area contributed by atoms with Crippen LogP contribution in [0.3, 0.4) is 0 Å². The molecule has 3 aromatic rings. The standard InChI is InChI=1S/C23H26N4O3/c1-2-29-20-13-10-18(11-14-20)24-23(28)27-16-6-9-19(27)12-15-21-25-22(30-26-21)17-7-4-3-5-8-17/h3-5,7-8,10-11,13-14,19H,2,6,9,12,15-16H2,1H3,(H,24,28). The summed E-state index contributed by atoms with van der Waals surface area (Å²) in [6.45, 7) is 3.32. The summed E-state index contributed by atoms with van der Waals surface area (Å²) in [5.41, 5.74) is 1.67. The van der Waals surface area contributed by atoms with Gasteiger partial charge in [-0.3, -0.25) is 0 Å². The molecule has 7 heteroatoms. The molecule has 30 heavy (non-hydrogen) atoms. The number of carbonyl (C=O) groups excluding carboxylic acids is 1. The fourth-order valence-corrected chi connectivity index (χ4v) is 3.75. The van der Waals surface area contributed by atoms with E-state index in [9.17, 15) is 4.79 Å². The van der Waals surface area contributed by atoms with E-state index in [1.807, 2.05) is 66.4 Å². The lowest BCUT2D eigenvalue weighted by atomic mass is 10.1. The number of carbonyl (C=O) groups is 1. The average molecular weight is 406 g/mol. The van der Waals surface area contributed by atoms with Crippen molar-refractivity contribution >= 4 is 11.7 Å². The van der Waals surface area contributed by atoms with Crippen LogP contribution in [0.1, 0.15) is 32.0 Å². The summed E-state index contributed by atoms with van der Waals surface area (Å²) in [6, 6.07) is 17.3. The molecule has 1 atom stereocenters. The second kappa shape index (κ2) is 9.43. The molecule has 4 rings (SSSR count). The minimum Gasteiger partial charge on any atom is -0.494 e. The smallest absolute Gasteiger partial charge is 0.322 e. The van der Waals surface area contributed by atoms with Crippen LogP contribution >= 0.6 is 0 Å². The molecular formula is C23H26N4O3. The third-order valence-electron chi connectivity index (χ3n) is 5.24. The largest absolute Gasteiger partial charge is 0.494 e. The van der Waals surface area contributed by atoms with Gasteiger partial charge in [-0.1, -0.05) is 23.4 Å². The number of likely N-dealkylation sites (tertiary alicyclic amines) is 1. The third-order valence-corrected chi connectivity index (χ3v) is 5.24. The van der Waals surface area contributed by atoms with Crippen LogP contribution in [0.5, 0.6) is 5.75 Å². The van der Waals surface area contributed by atoms with Crippen LogP contribution in [0.4, 0.5) is 10.5 Å². The number of benzene rings is 2. The average Bonchev–Trinajstić information content (AvgIpc) is 3.44. The van der Waals surface area contributed by atoms with Gasteiger partial charge in [-0.2, -0.15) is 4.98 Å². The first-order valence-corrected chi connectivity index (χ1v) is 10.4. The lowest BCUT2D eigenvalue weighted by Crippen LogP contribution is -2.39. The highest BCUT2D eigenvalue weighted by atomic mass is 16.5. The number of nitrogens with zero attached hydrogens (tertiary/aromatic N) is 3. The van der Waals surface area contributed by atoms with Gasteiger partial charge in [-0.05, 0) is 62.6 Å². The fraction of sp³-hybridized carbons (Fsp3) is 0.348. The Bertz CT molecular complexity index is 956. The Kier molecular flexibility index (Phi) is 6.27. The molecule has 156 valence electrons. The summed E-state index contributed by atoms with van der Waals surface area (Å²) in [6.07, 6.45) is 3.47. The Morgan fingerprint density at radius 2 is 2.00 bits per heavy atom. The van der Waals surface area contributed by atoms with Gasteiger partial charge in [-0.15, -0.1) is 0 Å². The van der Waals surface area contributed by atoms with Crippen LogP contribution < -0.4 is 10.1 Å². The van der Waals surface area contributed by atoms with Crippen LogP contribution in [0.2, 0.25) is 0 Å². The molecule has 0 saturated carbocycles. The highest BCUT2D eigenvalue weighted by molar-refractivity contribution is 5.89. The number of rotatable bonds is 7. The Hall–Kier alpha value is -3.35. The van der Waals surface area contributed by atoms with Crippen molar-refractivity contribution in [2.75, 3.05) is 18.5 Å². The van der Waals surface area contributed by atoms with Gasteiger partial charge in [0.15, 0.2) is 5.82 Å². The van der Waals surface area contributed by atoms with Gasteiger partial charge in [0.25, 0.3) is 5.89 Å². The SMILES string of the molecule is CCOc1ccc(NC(=O)N2CCCC2CCc2noc(-c3ccccc3)n2)cc1. The van der Waals surface area contributed by atoms with Gasteiger partial charge in [0.1, 0.15) is 5.75 Å². The summed E-state index contributed by atoms with van der Waals surface area (Å²) in [5.74, 6) is 2.00. The lowest BCUT2D eigenvalue weighted by Gasteiger charge is -2.24.